The van der Waals surface area contributed by atoms with E-state index in [9.17, 15) is 14.4 Å². The van der Waals surface area contributed by atoms with E-state index in [4.69, 9.17) is 9.47 Å². The van der Waals surface area contributed by atoms with Crippen LogP contribution in [0.2, 0.25) is 0 Å². The summed E-state index contributed by atoms with van der Waals surface area (Å²) in [6.07, 6.45) is 0. The summed E-state index contributed by atoms with van der Waals surface area (Å²) in [5, 5.41) is 1.77. The molecule has 0 aliphatic carbocycles. The molecule has 23 heavy (non-hydrogen) atoms. The van der Waals surface area contributed by atoms with Crippen molar-refractivity contribution in [2.75, 3.05) is 13.7 Å². The summed E-state index contributed by atoms with van der Waals surface area (Å²) in [4.78, 5) is 34.2. The van der Waals surface area contributed by atoms with Gasteiger partial charge in [0.25, 0.3) is 5.91 Å². The van der Waals surface area contributed by atoms with Crippen molar-refractivity contribution < 1.29 is 23.9 Å². The fourth-order valence-electron chi connectivity index (χ4n) is 1.95. The second-order valence-electron chi connectivity index (χ2n) is 4.71. The number of carbonyl (C=O) groups is 3. The van der Waals surface area contributed by atoms with Crippen molar-refractivity contribution in [3.63, 3.8) is 0 Å². The summed E-state index contributed by atoms with van der Waals surface area (Å²) in [6.45, 7) is 0.724. The molecule has 7 nitrogen and oxygen atoms in total. The molecule has 0 spiro atoms. The minimum atomic E-state index is -0.689. The van der Waals surface area contributed by atoms with Crippen LogP contribution in [0.3, 0.4) is 0 Å². The van der Waals surface area contributed by atoms with Crippen molar-refractivity contribution in [3.05, 3.63) is 42.0 Å². The first kappa shape index (κ1) is 16.3. The standard InChI is InChI=1S/C16H16N2O5/c1-10(19)17-18-15(20)9-23-16(21)13-7-11-5-3-4-6-12(11)8-14(13)22-2/h3-8H,9H2,1-2H3,(H,17,19)(H,18,20). The van der Waals surface area contributed by atoms with Crippen molar-refractivity contribution in [1.82, 2.24) is 10.9 Å². The van der Waals surface area contributed by atoms with Crippen LogP contribution in [0.25, 0.3) is 10.8 Å². The Kier molecular flexibility index (Phi) is 5.14. The molecule has 2 aromatic carbocycles. The normalized spacial score (nSPS) is 10.0. The molecule has 7 heteroatoms. The molecule has 0 aliphatic rings. The number of hydrogen-bond acceptors (Lipinski definition) is 5. The number of methoxy groups -OCH3 is 1. The molecular formula is C16H16N2O5. The molecule has 2 amide bonds. The van der Waals surface area contributed by atoms with E-state index >= 15 is 0 Å². The van der Waals surface area contributed by atoms with Crippen molar-refractivity contribution in [2.24, 2.45) is 0 Å². The number of esters is 1. The predicted molar refractivity (Wildman–Crippen MR) is 82.7 cm³/mol. The lowest BCUT2D eigenvalue weighted by atomic mass is 10.1. The van der Waals surface area contributed by atoms with Gasteiger partial charge in [-0.15, -0.1) is 0 Å². The third-order valence-corrected chi connectivity index (χ3v) is 3.00. The molecule has 0 unspecified atom stereocenters. The maximum absolute atomic E-state index is 12.1. The van der Waals surface area contributed by atoms with Gasteiger partial charge in [-0.1, -0.05) is 24.3 Å². The molecule has 0 aromatic heterocycles. The van der Waals surface area contributed by atoms with Crippen LogP contribution < -0.4 is 15.6 Å². The summed E-state index contributed by atoms with van der Waals surface area (Å²) in [7, 11) is 1.45. The van der Waals surface area contributed by atoms with Crippen molar-refractivity contribution in [3.8, 4) is 5.75 Å². The van der Waals surface area contributed by atoms with E-state index in [0.29, 0.717) is 5.75 Å². The van der Waals surface area contributed by atoms with Gasteiger partial charge < -0.3 is 9.47 Å². The van der Waals surface area contributed by atoms with Crippen molar-refractivity contribution in [1.29, 1.82) is 0 Å². The van der Waals surface area contributed by atoms with Gasteiger partial charge in [-0.25, -0.2) is 4.79 Å². The van der Waals surface area contributed by atoms with E-state index in [0.717, 1.165) is 10.8 Å². The van der Waals surface area contributed by atoms with Crippen molar-refractivity contribution >= 4 is 28.6 Å². The molecule has 0 bridgehead atoms. The average Bonchev–Trinajstić information content (AvgIpc) is 2.56. The van der Waals surface area contributed by atoms with Gasteiger partial charge >= 0.3 is 5.97 Å². The molecule has 2 aromatic rings. The first-order valence-electron chi connectivity index (χ1n) is 6.80. The van der Waals surface area contributed by atoms with Crippen LogP contribution in [0.5, 0.6) is 5.75 Å². The van der Waals surface area contributed by atoms with Gasteiger partial charge in [0, 0.05) is 6.92 Å². The largest absolute Gasteiger partial charge is 0.496 e. The first-order chi connectivity index (χ1) is 11.0. The molecule has 0 saturated heterocycles. The molecule has 0 aliphatic heterocycles. The number of nitrogens with one attached hydrogen (secondary N) is 2. The van der Waals surface area contributed by atoms with Gasteiger partial charge in [-0.2, -0.15) is 0 Å². The quantitative estimate of drug-likeness (QED) is 0.652. The van der Waals surface area contributed by atoms with E-state index in [1.54, 1.807) is 12.1 Å². The van der Waals surface area contributed by atoms with Gasteiger partial charge in [0.15, 0.2) is 6.61 Å². The van der Waals surface area contributed by atoms with E-state index in [2.05, 4.69) is 10.9 Å². The van der Waals surface area contributed by atoms with Crippen LogP contribution in [0.4, 0.5) is 0 Å². The summed E-state index contributed by atoms with van der Waals surface area (Å²) >= 11 is 0. The number of rotatable bonds is 4. The second-order valence-corrected chi connectivity index (χ2v) is 4.71. The van der Waals surface area contributed by atoms with Crippen LogP contribution in [-0.2, 0) is 14.3 Å². The van der Waals surface area contributed by atoms with Gasteiger partial charge in [-0.05, 0) is 22.9 Å². The highest BCUT2D eigenvalue weighted by atomic mass is 16.5. The number of hydrazine groups is 1. The third-order valence-electron chi connectivity index (χ3n) is 3.00. The topological polar surface area (TPSA) is 93.7 Å². The van der Waals surface area contributed by atoms with E-state index in [-0.39, 0.29) is 5.56 Å². The lowest BCUT2D eigenvalue weighted by Crippen LogP contribution is -2.42. The molecule has 2 N–H and O–H groups in total. The molecule has 0 heterocycles. The molecular weight excluding hydrogens is 300 g/mol. The number of amides is 2. The Balaban J connectivity index is 2.11. The number of hydrogen-bond donors (Lipinski definition) is 2. The van der Waals surface area contributed by atoms with Gasteiger partial charge in [0.2, 0.25) is 5.91 Å². The Hall–Kier alpha value is -3.09. The van der Waals surface area contributed by atoms with Gasteiger partial charge in [-0.3, -0.25) is 20.4 Å². The predicted octanol–water partition coefficient (Wildman–Crippen LogP) is 1.17. The molecule has 0 radical (unpaired) electrons. The SMILES string of the molecule is COc1cc2ccccc2cc1C(=O)OCC(=O)NNC(C)=O. The highest BCUT2D eigenvalue weighted by Crippen LogP contribution is 2.26. The molecule has 0 atom stereocenters. The van der Waals surface area contributed by atoms with Crippen LogP contribution in [-0.4, -0.2) is 31.5 Å². The Morgan fingerprint density at radius 2 is 1.70 bits per heavy atom. The highest BCUT2D eigenvalue weighted by molar-refractivity contribution is 5.99. The zero-order valence-electron chi connectivity index (χ0n) is 12.7. The molecule has 0 saturated carbocycles. The molecule has 120 valence electrons. The van der Waals surface area contributed by atoms with Crippen LogP contribution in [0.1, 0.15) is 17.3 Å². The number of carbonyl (C=O) groups excluding carboxylic acids is 3. The van der Waals surface area contributed by atoms with E-state index in [1.807, 2.05) is 24.3 Å². The maximum atomic E-state index is 12.1. The summed E-state index contributed by atoms with van der Waals surface area (Å²) < 4.78 is 10.1. The first-order valence-corrected chi connectivity index (χ1v) is 6.80. The summed E-state index contributed by atoms with van der Waals surface area (Å²) in [6, 6.07) is 10.9. The van der Waals surface area contributed by atoms with Crippen molar-refractivity contribution in [2.45, 2.75) is 6.92 Å². The fraction of sp³-hybridized carbons (Fsp3) is 0.188. The molecule has 0 fully saturated rings. The zero-order chi connectivity index (χ0) is 16.8. The summed E-state index contributed by atoms with van der Waals surface area (Å²) in [5.74, 6) is -1.41. The fourth-order valence-corrected chi connectivity index (χ4v) is 1.95. The Bertz CT molecular complexity index is 757. The zero-order valence-corrected chi connectivity index (χ0v) is 12.7. The van der Waals surface area contributed by atoms with Gasteiger partial charge in [0.1, 0.15) is 11.3 Å². The minimum absolute atomic E-state index is 0.221. The maximum Gasteiger partial charge on any atom is 0.342 e. The average molecular weight is 316 g/mol. The number of benzene rings is 2. The number of fused-ring (bicyclic) bond motifs is 1. The lowest BCUT2D eigenvalue weighted by Gasteiger charge is -2.10. The lowest BCUT2D eigenvalue weighted by molar-refractivity contribution is -0.129. The molecule has 2 rings (SSSR count). The van der Waals surface area contributed by atoms with E-state index < -0.39 is 24.4 Å². The Morgan fingerprint density at radius 3 is 2.30 bits per heavy atom. The Morgan fingerprint density at radius 1 is 1.04 bits per heavy atom. The second kappa shape index (κ2) is 7.26. The highest BCUT2D eigenvalue weighted by Gasteiger charge is 2.16. The van der Waals surface area contributed by atoms with Crippen LogP contribution in [0, 0.1) is 0 Å². The number of ether oxygens (including phenoxy) is 2. The summed E-state index contributed by atoms with van der Waals surface area (Å²) in [5.41, 5.74) is 4.42. The van der Waals surface area contributed by atoms with E-state index in [1.165, 1.54) is 14.0 Å². The monoisotopic (exact) mass is 316 g/mol. The Labute approximate surface area is 132 Å². The van der Waals surface area contributed by atoms with Crippen LogP contribution >= 0.6 is 0 Å². The van der Waals surface area contributed by atoms with Crippen LogP contribution in [0.15, 0.2) is 36.4 Å². The third kappa shape index (κ3) is 4.19. The van der Waals surface area contributed by atoms with Gasteiger partial charge in [0.05, 0.1) is 7.11 Å². The smallest absolute Gasteiger partial charge is 0.342 e. The minimum Gasteiger partial charge on any atom is -0.496 e.